The first-order valence-electron chi connectivity index (χ1n) is 13.8. The molecular weight excluding hydrogens is 497 g/mol. The Labute approximate surface area is 226 Å². The van der Waals surface area contributed by atoms with Crippen LogP contribution in [0, 0.1) is 17.7 Å². The molecule has 7 nitrogen and oxygen atoms in total. The first-order chi connectivity index (χ1) is 17.8. The van der Waals surface area contributed by atoms with Gasteiger partial charge in [0.2, 0.25) is 0 Å². The molecule has 1 saturated heterocycles. The number of rotatable bonds is 12. The second-order valence-corrected chi connectivity index (χ2v) is 11.3. The number of piperidine rings is 1. The van der Waals surface area contributed by atoms with Gasteiger partial charge in [-0.3, -0.25) is 0 Å². The maximum atomic E-state index is 15.2. The van der Waals surface area contributed by atoms with E-state index in [1.807, 2.05) is 7.05 Å². The number of ether oxygens (including phenoxy) is 1. The Morgan fingerprint density at radius 2 is 2.03 bits per heavy atom. The molecule has 9 heteroatoms. The van der Waals surface area contributed by atoms with Gasteiger partial charge in [-0.25, -0.2) is 9.18 Å². The Balaban J connectivity index is 1.70. The first kappa shape index (κ1) is 30.1. The fourth-order valence-electron chi connectivity index (χ4n) is 6.08. The van der Waals surface area contributed by atoms with Crippen LogP contribution in [0.5, 0.6) is 0 Å². The zero-order valence-corrected chi connectivity index (χ0v) is 23.1. The Kier molecular flexibility index (Phi) is 11.9. The van der Waals surface area contributed by atoms with E-state index in [2.05, 4.69) is 10.6 Å². The molecule has 4 N–H and O–H groups in total. The number of unbranched alkanes of at least 4 members (excludes halogenated alkanes) is 1. The number of likely N-dealkylation sites (N-methyl/N-ethyl adjacent to an activating group) is 1. The number of methoxy groups -OCH3 is 1. The third kappa shape index (κ3) is 8.27. The predicted molar refractivity (Wildman–Crippen MR) is 144 cm³/mol. The summed E-state index contributed by atoms with van der Waals surface area (Å²) in [6, 6.07) is 4.60. The topological polar surface area (TPSA) is 94.1 Å². The monoisotopic (exact) mass is 541 g/mol. The van der Waals surface area contributed by atoms with Crippen LogP contribution < -0.4 is 10.6 Å². The standard InChI is InChI=1S/C28H45ClFN3O4/c1-31-18-22(17-20-10-12-23(34)13-11-20)32-27(35)33-15-6-7-21(19-33)28(36,14-3-4-16-37-2)24-8-5-9-25(29)26(24)30/h5,8-9,20-23,31,34,36H,3-4,6-7,10-19H2,1-2H3,(H,32,35)/t20?,21-,22?,23?,28+/m1/s1. The van der Waals surface area contributed by atoms with Gasteiger partial charge in [-0.1, -0.05) is 23.7 Å². The fourth-order valence-corrected chi connectivity index (χ4v) is 6.25. The number of aliphatic hydroxyl groups is 2. The van der Waals surface area contributed by atoms with Crippen molar-refractivity contribution >= 4 is 17.6 Å². The summed E-state index contributed by atoms with van der Waals surface area (Å²) in [6.07, 6.45) is 7.48. The first-order valence-corrected chi connectivity index (χ1v) is 14.2. The van der Waals surface area contributed by atoms with E-state index in [1.165, 1.54) is 6.07 Å². The van der Waals surface area contributed by atoms with Crippen molar-refractivity contribution in [2.24, 2.45) is 11.8 Å². The molecule has 1 aliphatic heterocycles. The molecule has 1 heterocycles. The van der Waals surface area contributed by atoms with Crippen molar-refractivity contribution in [1.29, 1.82) is 0 Å². The highest BCUT2D eigenvalue weighted by Gasteiger charge is 2.43. The van der Waals surface area contributed by atoms with Gasteiger partial charge in [0.1, 0.15) is 5.82 Å². The van der Waals surface area contributed by atoms with Crippen molar-refractivity contribution in [3.63, 3.8) is 0 Å². The van der Waals surface area contributed by atoms with Crippen LogP contribution in [0.4, 0.5) is 9.18 Å². The molecule has 210 valence electrons. The van der Waals surface area contributed by atoms with Crippen molar-refractivity contribution in [1.82, 2.24) is 15.5 Å². The molecule has 0 spiro atoms. The number of amides is 2. The summed E-state index contributed by atoms with van der Waals surface area (Å²) in [5, 5.41) is 28.2. The number of carbonyl (C=O) groups excluding carboxylic acids is 1. The van der Waals surface area contributed by atoms with Gasteiger partial charge >= 0.3 is 6.03 Å². The van der Waals surface area contributed by atoms with Crippen molar-refractivity contribution in [3.8, 4) is 0 Å². The average molecular weight is 542 g/mol. The van der Waals surface area contributed by atoms with Crippen molar-refractivity contribution in [2.75, 3.05) is 40.4 Å². The van der Waals surface area contributed by atoms with E-state index in [1.54, 1.807) is 24.1 Å². The van der Waals surface area contributed by atoms with E-state index >= 15 is 4.39 Å². The molecule has 1 aromatic carbocycles. The molecule has 2 aliphatic rings. The lowest BCUT2D eigenvalue weighted by atomic mass is 9.74. The highest BCUT2D eigenvalue weighted by Crippen LogP contribution is 2.42. The second kappa shape index (κ2) is 14.6. The van der Waals surface area contributed by atoms with Crippen molar-refractivity contribution < 1.29 is 24.1 Å². The normalized spacial score (nSPS) is 24.9. The maximum Gasteiger partial charge on any atom is 0.317 e. The van der Waals surface area contributed by atoms with Gasteiger partial charge in [0.05, 0.1) is 16.7 Å². The summed E-state index contributed by atoms with van der Waals surface area (Å²) in [6.45, 7) is 2.18. The highest BCUT2D eigenvalue weighted by molar-refractivity contribution is 6.30. The number of benzene rings is 1. The van der Waals surface area contributed by atoms with Crippen LogP contribution in [-0.2, 0) is 10.3 Å². The quantitative estimate of drug-likeness (QED) is 0.294. The van der Waals surface area contributed by atoms with Gasteiger partial charge in [-0.15, -0.1) is 0 Å². The summed E-state index contributed by atoms with van der Waals surface area (Å²) >= 11 is 6.10. The molecule has 2 fully saturated rings. The molecule has 0 radical (unpaired) electrons. The lowest BCUT2D eigenvalue weighted by Crippen LogP contribution is -2.54. The molecule has 1 saturated carbocycles. The summed E-state index contributed by atoms with van der Waals surface area (Å²) in [5.41, 5.74) is -1.23. The molecule has 0 aromatic heterocycles. The van der Waals surface area contributed by atoms with Crippen LogP contribution in [0.15, 0.2) is 18.2 Å². The molecule has 1 aromatic rings. The van der Waals surface area contributed by atoms with Crippen LogP contribution in [0.3, 0.4) is 0 Å². The van der Waals surface area contributed by atoms with Gasteiger partial charge < -0.3 is 30.5 Å². The minimum atomic E-state index is -1.44. The average Bonchev–Trinajstić information content (AvgIpc) is 2.89. The zero-order valence-electron chi connectivity index (χ0n) is 22.4. The van der Waals surface area contributed by atoms with Crippen LogP contribution in [0.1, 0.15) is 69.8 Å². The smallest absolute Gasteiger partial charge is 0.317 e. The predicted octanol–water partition coefficient (Wildman–Crippen LogP) is 4.43. The molecule has 2 amide bonds. The van der Waals surface area contributed by atoms with Gasteiger partial charge in [0, 0.05) is 50.9 Å². The lowest BCUT2D eigenvalue weighted by Gasteiger charge is -2.43. The number of nitrogens with one attached hydrogen (secondary N) is 2. The number of halogens is 2. The van der Waals surface area contributed by atoms with Gasteiger partial charge in [0.15, 0.2) is 0 Å². The Hall–Kier alpha value is -1.45. The minimum Gasteiger partial charge on any atom is -0.393 e. The van der Waals surface area contributed by atoms with Crippen LogP contribution in [0.25, 0.3) is 0 Å². The van der Waals surface area contributed by atoms with Gasteiger partial charge in [-0.05, 0) is 83.2 Å². The second-order valence-electron chi connectivity index (χ2n) is 10.9. The summed E-state index contributed by atoms with van der Waals surface area (Å²) < 4.78 is 20.3. The minimum absolute atomic E-state index is 0.0108. The number of carbonyl (C=O) groups is 1. The molecule has 37 heavy (non-hydrogen) atoms. The Morgan fingerprint density at radius 3 is 2.73 bits per heavy atom. The number of hydrogen-bond donors (Lipinski definition) is 4. The number of hydrogen-bond acceptors (Lipinski definition) is 5. The van der Waals surface area contributed by atoms with Gasteiger partial charge in [0.25, 0.3) is 0 Å². The summed E-state index contributed by atoms with van der Waals surface area (Å²) in [4.78, 5) is 15.1. The van der Waals surface area contributed by atoms with Crippen LogP contribution in [-0.4, -0.2) is 73.7 Å². The maximum absolute atomic E-state index is 15.2. The Bertz CT molecular complexity index is 855. The number of aliphatic hydroxyl groups excluding tert-OH is 1. The van der Waals surface area contributed by atoms with E-state index in [9.17, 15) is 15.0 Å². The molecule has 3 rings (SSSR count). The fraction of sp³-hybridized carbons (Fsp3) is 0.750. The highest BCUT2D eigenvalue weighted by atomic mass is 35.5. The molecule has 1 unspecified atom stereocenters. The molecular formula is C28H45ClFN3O4. The third-order valence-electron chi connectivity index (χ3n) is 8.17. The third-order valence-corrected chi connectivity index (χ3v) is 8.46. The number of urea groups is 1. The lowest BCUT2D eigenvalue weighted by molar-refractivity contribution is -0.0587. The number of nitrogens with zero attached hydrogens (tertiary/aromatic N) is 1. The van der Waals surface area contributed by atoms with Crippen molar-refractivity contribution in [2.45, 2.75) is 82.0 Å². The Morgan fingerprint density at radius 1 is 1.27 bits per heavy atom. The van der Waals surface area contributed by atoms with E-state index in [-0.39, 0.29) is 34.7 Å². The van der Waals surface area contributed by atoms with Crippen LogP contribution >= 0.6 is 11.6 Å². The van der Waals surface area contributed by atoms with E-state index in [0.717, 1.165) is 44.9 Å². The number of likely N-dealkylation sites (tertiary alicyclic amines) is 1. The largest absolute Gasteiger partial charge is 0.393 e. The zero-order chi connectivity index (χ0) is 26.8. The van der Waals surface area contributed by atoms with Crippen LogP contribution in [0.2, 0.25) is 5.02 Å². The van der Waals surface area contributed by atoms with Crippen molar-refractivity contribution in [3.05, 3.63) is 34.6 Å². The summed E-state index contributed by atoms with van der Waals surface area (Å²) in [7, 11) is 3.52. The van der Waals surface area contributed by atoms with E-state index in [4.69, 9.17) is 16.3 Å². The SMILES string of the molecule is CNCC(CC1CCC(O)CC1)NC(=O)N1CCC[C@@H]([C@@](O)(CCCCOC)c2cccc(Cl)c2F)C1. The molecule has 3 atom stereocenters. The van der Waals surface area contributed by atoms with Gasteiger partial charge in [-0.2, -0.15) is 0 Å². The summed E-state index contributed by atoms with van der Waals surface area (Å²) in [5.74, 6) is -0.420. The van der Waals surface area contributed by atoms with E-state index in [0.29, 0.717) is 51.4 Å². The molecule has 1 aliphatic carbocycles. The van der Waals surface area contributed by atoms with E-state index < -0.39 is 11.4 Å². The molecule has 0 bridgehead atoms.